The fraction of sp³-hybridized carbons (Fsp3) is 0.643. The first-order valence-corrected chi connectivity index (χ1v) is 8.78. The van der Waals surface area contributed by atoms with Gasteiger partial charge in [0.2, 0.25) is 0 Å². The third-order valence-corrected chi connectivity index (χ3v) is 5.29. The fourth-order valence-electron chi connectivity index (χ4n) is 2.22. The Bertz CT molecular complexity index is 425. The molecule has 0 bridgehead atoms. The third-order valence-electron chi connectivity index (χ3n) is 3.50. The van der Waals surface area contributed by atoms with Gasteiger partial charge in [0.15, 0.2) is 0 Å². The second-order valence-electron chi connectivity index (χ2n) is 5.46. The molecule has 1 amide bonds. The molecule has 19 heavy (non-hydrogen) atoms. The van der Waals surface area contributed by atoms with E-state index in [4.69, 9.17) is 0 Å². The first-order chi connectivity index (χ1) is 9.06. The lowest BCUT2D eigenvalue weighted by Gasteiger charge is -2.34. The normalized spacial score (nSPS) is 17.2. The Hall–Kier alpha value is -0.140. The fourth-order valence-corrected chi connectivity index (χ4v) is 3.54. The van der Waals surface area contributed by atoms with Crippen LogP contribution in [-0.2, 0) is 0 Å². The molecule has 106 valence electrons. The molecule has 2 heterocycles. The molecule has 0 saturated carbocycles. The van der Waals surface area contributed by atoms with E-state index in [1.165, 1.54) is 9.30 Å². The largest absolute Gasteiger partial charge is 0.336 e. The molecule has 0 atom stereocenters. The van der Waals surface area contributed by atoms with E-state index in [1.807, 2.05) is 16.3 Å². The van der Waals surface area contributed by atoms with Gasteiger partial charge in [-0.05, 0) is 47.5 Å². The van der Waals surface area contributed by atoms with E-state index in [0.29, 0.717) is 0 Å². The van der Waals surface area contributed by atoms with Crippen molar-refractivity contribution in [2.24, 2.45) is 5.92 Å². The van der Waals surface area contributed by atoms with Crippen LogP contribution in [0.25, 0.3) is 0 Å². The molecule has 0 spiro atoms. The Morgan fingerprint density at radius 3 is 2.58 bits per heavy atom. The minimum absolute atomic E-state index is 0.197. The first kappa shape index (κ1) is 15.3. The number of amides is 1. The number of halogens is 1. The van der Waals surface area contributed by atoms with E-state index in [2.05, 4.69) is 41.3 Å². The SMILES string of the molecule is CC(C)CCN1CCN(C(=O)c2csc(I)c2)CC1. The molecule has 0 radical (unpaired) electrons. The summed E-state index contributed by atoms with van der Waals surface area (Å²) < 4.78 is 1.18. The summed E-state index contributed by atoms with van der Waals surface area (Å²) in [4.78, 5) is 16.8. The number of carbonyl (C=O) groups excluding carboxylic acids is 1. The van der Waals surface area contributed by atoms with Gasteiger partial charge >= 0.3 is 0 Å². The van der Waals surface area contributed by atoms with Crippen LogP contribution in [0.4, 0.5) is 0 Å². The van der Waals surface area contributed by atoms with Gasteiger partial charge in [0.25, 0.3) is 5.91 Å². The molecule has 5 heteroatoms. The Kier molecular flexibility index (Phi) is 5.65. The summed E-state index contributed by atoms with van der Waals surface area (Å²) in [6, 6.07) is 1.98. The number of rotatable bonds is 4. The second-order valence-corrected chi connectivity index (χ2v) is 8.26. The molecule has 0 aliphatic carbocycles. The summed E-state index contributed by atoms with van der Waals surface area (Å²) in [6.07, 6.45) is 1.25. The standard InChI is InChI=1S/C14H21IN2OS/c1-11(2)3-4-16-5-7-17(8-6-16)14(18)12-9-13(15)19-10-12/h9-11H,3-8H2,1-2H3. The summed E-state index contributed by atoms with van der Waals surface area (Å²) in [7, 11) is 0. The highest BCUT2D eigenvalue weighted by Crippen LogP contribution is 2.19. The molecule has 1 saturated heterocycles. The maximum atomic E-state index is 12.3. The number of hydrogen-bond donors (Lipinski definition) is 0. The molecule has 1 aromatic rings. The molecule has 3 nitrogen and oxygen atoms in total. The molecule has 0 aromatic carbocycles. The maximum Gasteiger partial charge on any atom is 0.254 e. The smallest absolute Gasteiger partial charge is 0.254 e. The quantitative estimate of drug-likeness (QED) is 0.735. The van der Waals surface area contributed by atoms with Gasteiger partial charge in [-0.3, -0.25) is 9.69 Å². The first-order valence-electron chi connectivity index (χ1n) is 6.82. The van der Waals surface area contributed by atoms with Crippen molar-refractivity contribution >= 4 is 39.8 Å². The molecule has 0 N–H and O–H groups in total. The van der Waals surface area contributed by atoms with E-state index >= 15 is 0 Å². The zero-order valence-corrected chi connectivity index (χ0v) is 14.5. The zero-order chi connectivity index (χ0) is 13.8. The van der Waals surface area contributed by atoms with Crippen molar-refractivity contribution in [3.05, 3.63) is 19.9 Å². The maximum absolute atomic E-state index is 12.3. The van der Waals surface area contributed by atoms with Crippen LogP contribution in [-0.4, -0.2) is 48.4 Å². The van der Waals surface area contributed by atoms with Crippen molar-refractivity contribution in [2.75, 3.05) is 32.7 Å². The van der Waals surface area contributed by atoms with E-state index in [0.717, 1.165) is 44.2 Å². The van der Waals surface area contributed by atoms with Crippen molar-refractivity contribution in [2.45, 2.75) is 20.3 Å². The molecular weight excluding hydrogens is 371 g/mol. The summed E-state index contributed by atoms with van der Waals surface area (Å²) in [5.74, 6) is 0.954. The number of carbonyl (C=O) groups is 1. The van der Waals surface area contributed by atoms with Crippen LogP contribution in [0.2, 0.25) is 0 Å². The van der Waals surface area contributed by atoms with Crippen molar-refractivity contribution in [1.82, 2.24) is 9.80 Å². The molecule has 1 aromatic heterocycles. The van der Waals surface area contributed by atoms with Crippen LogP contribution in [0.3, 0.4) is 0 Å². The zero-order valence-electron chi connectivity index (χ0n) is 11.6. The van der Waals surface area contributed by atoms with Gasteiger partial charge in [-0.2, -0.15) is 0 Å². The predicted molar refractivity (Wildman–Crippen MR) is 88.8 cm³/mol. The summed E-state index contributed by atoms with van der Waals surface area (Å²) in [5.41, 5.74) is 0.852. The lowest BCUT2D eigenvalue weighted by molar-refractivity contribution is 0.0632. The van der Waals surface area contributed by atoms with Crippen LogP contribution in [0.5, 0.6) is 0 Å². The van der Waals surface area contributed by atoms with Crippen LogP contribution >= 0.6 is 33.9 Å². The average Bonchev–Trinajstić information content (AvgIpc) is 2.83. The Balaban J connectivity index is 1.81. The molecular formula is C14H21IN2OS. The number of thiophene rings is 1. The van der Waals surface area contributed by atoms with Crippen LogP contribution < -0.4 is 0 Å². The monoisotopic (exact) mass is 392 g/mol. The number of hydrogen-bond acceptors (Lipinski definition) is 3. The summed E-state index contributed by atoms with van der Waals surface area (Å²) in [6.45, 7) is 9.44. The topological polar surface area (TPSA) is 23.6 Å². The van der Waals surface area contributed by atoms with Crippen molar-refractivity contribution in [3.8, 4) is 0 Å². The van der Waals surface area contributed by atoms with Gasteiger partial charge in [0.1, 0.15) is 0 Å². The third kappa shape index (κ3) is 4.43. The highest BCUT2D eigenvalue weighted by Gasteiger charge is 2.22. The van der Waals surface area contributed by atoms with E-state index in [9.17, 15) is 4.79 Å². The second kappa shape index (κ2) is 7.04. The molecule has 1 fully saturated rings. The van der Waals surface area contributed by atoms with Crippen molar-refractivity contribution in [1.29, 1.82) is 0 Å². The molecule has 0 unspecified atom stereocenters. The van der Waals surface area contributed by atoms with E-state index < -0.39 is 0 Å². The average molecular weight is 392 g/mol. The molecule has 1 aliphatic rings. The van der Waals surface area contributed by atoms with Crippen molar-refractivity contribution < 1.29 is 4.79 Å². The summed E-state index contributed by atoms with van der Waals surface area (Å²) in [5, 5.41) is 1.97. The molecule has 1 aliphatic heterocycles. The van der Waals surface area contributed by atoms with Gasteiger partial charge in [0.05, 0.1) is 8.45 Å². The highest BCUT2D eigenvalue weighted by atomic mass is 127. The van der Waals surface area contributed by atoms with Crippen molar-refractivity contribution in [3.63, 3.8) is 0 Å². The number of nitrogens with zero attached hydrogens (tertiary/aromatic N) is 2. The van der Waals surface area contributed by atoms with Crippen LogP contribution in [0.15, 0.2) is 11.4 Å². The minimum atomic E-state index is 0.197. The highest BCUT2D eigenvalue weighted by molar-refractivity contribution is 14.1. The Morgan fingerprint density at radius 2 is 2.05 bits per heavy atom. The molecule has 2 rings (SSSR count). The van der Waals surface area contributed by atoms with E-state index in [1.54, 1.807) is 11.3 Å². The minimum Gasteiger partial charge on any atom is -0.336 e. The van der Waals surface area contributed by atoms with E-state index in [-0.39, 0.29) is 5.91 Å². The van der Waals surface area contributed by atoms with Crippen LogP contribution in [0, 0.1) is 8.80 Å². The summed E-state index contributed by atoms with van der Waals surface area (Å²) >= 11 is 3.90. The van der Waals surface area contributed by atoms with Gasteiger partial charge < -0.3 is 4.90 Å². The lowest BCUT2D eigenvalue weighted by Crippen LogP contribution is -2.48. The predicted octanol–water partition coefficient (Wildman–Crippen LogP) is 3.16. The Morgan fingerprint density at radius 1 is 1.37 bits per heavy atom. The van der Waals surface area contributed by atoms with Gasteiger partial charge in [-0.15, -0.1) is 11.3 Å². The lowest BCUT2D eigenvalue weighted by atomic mass is 10.1. The Labute approximate surface area is 133 Å². The van der Waals surface area contributed by atoms with Gasteiger partial charge in [-0.1, -0.05) is 13.8 Å². The van der Waals surface area contributed by atoms with Crippen LogP contribution in [0.1, 0.15) is 30.6 Å². The van der Waals surface area contributed by atoms with Gasteiger partial charge in [-0.25, -0.2) is 0 Å². The van der Waals surface area contributed by atoms with Gasteiger partial charge in [0, 0.05) is 31.6 Å². The number of piperazine rings is 1.